The van der Waals surface area contributed by atoms with Gasteiger partial charge in [0.25, 0.3) is 0 Å². The van der Waals surface area contributed by atoms with E-state index < -0.39 is 17.7 Å². The maximum Gasteiger partial charge on any atom is 0.408 e. The number of carbonyl (C=O) groups is 2. The Hall–Kier alpha value is -0.710. The SMILES string of the molecule is CSC[C@@H](C=O)N(C(=O)O)C(C)(C)C. The molecule has 0 aromatic carbocycles. The monoisotopic (exact) mass is 219 g/mol. The summed E-state index contributed by atoms with van der Waals surface area (Å²) < 4.78 is 0. The van der Waals surface area contributed by atoms with Crippen molar-refractivity contribution in [3.05, 3.63) is 0 Å². The Kier molecular flexibility index (Phi) is 4.97. The van der Waals surface area contributed by atoms with Crippen molar-refractivity contribution in [1.82, 2.24) is 4.90 Å². The van der Waals surface area contributed by atoms with E-state index in [0.717, 1.165) is 0 Å². The maximum atomic E-state index is 11.0. The van der Waals surface area contributed by atoms with E-state index in [-0.39, 0.29) is 0 Å². The predicted octanol–water partition coefficient (Wildman–Crippen LogP) is 1.70. The maximum absolute atomic E-state index is 11.0. The molecule has 0 aliphatic heterocycles. The third kappa shape index (κ3) is 3.57. The lowest BCUT2D eigenvalue weighted by molar-refractivity contribution is -0.112. The van der Waals surface area contributed by atoms with Gasteiger partial charge in [-0.25, -0.2) is 4.79 Å². The first-order valence-electron chi connectivity index (χ1n) is 4.31. The van der Waals surface area contributed by atoms with Gasteiger partial charge < -0.3 is 9.90 Å². The summed E-state index contributed by atoms with van der Waals surface area (Å²) >= 11 is 1.46. The molecule has 0 radical (unpaired) electrons. The van der Waals surface area contributed by atoms with Gasteiger partial charge in [-0.1, -0.05) is 0 Å². The number of nitrogens with zero attached hydrogens (tertiary/aromatic N) is 1. The third-order valence-electron chi connectivity index (χ3n) is 1.75. The summed E-state index contributed by atoms with van der Waals surface area (Å²) in [7, 11) is 0. The molecule has 0 saturated heterocycles. The first-order chi connectivity index (χ1) is 6.34. The fourth-order valence-electron chi connectivity index (χ4n) is 1.27. The van der Waals surface area contributed by atoms with E-state index in [2.05, 4.69) is 0 Å². The molecular formula is C9H17NO3S. The molecule has 82 valence electrons. The minimum absolute atomic E-state index is 0.493. The summed E-state index contributed by atoms with van der Waals surface area (Å²) in [5.74, 6) is 0.493. The molecule has 0 aromatic rings. The molecule has 0 bridgehead atoms. The number of amides is 1. The molecule has 0 saturated carbocycles. The van der Waals surface area contributed by atoms with Crippen molar-refractivity contribution >= 4 is 24.1 Å². The van der Waals surface area contributed by atoms with Gasteiger partial charge in [0, 0.05) is 11.3 Å². The van der Waals surface area contributed by atoms with E-state index in [9.17, 15) is 9.59 Å². The van der Waals surface area contributed by atoms with Gasteiger partial charge in [0.05, 0.1) is 0 Å². The molecule has 0 rings (SSSR count). The zero-order valence-corrected chi connectivity index (χ0v) is 9.80. The average Bonchev–Trinajstić information content (AvgIpc) is 2.00. The fraction of sp³-hybridized carbons (Fsp3) is 0.778. The molecule has 0 fully saturated rings. The number of carbonyl (C=O) groups excluding carboxylic acids is 1. The molecular weight excluding hydrogens is 202 g/mol. The second-order valence-corrected chi connectivity index (χ2v) is 4.89. The normalized spacial score (nSPS) is 13.4. The Bertz CT molecular complexity index is 213. The van der Waals surface area contributed by atoms with Crippen molar-refractivity contribution in [3.63, 3.8) is 0 Å². The summed E-state index contributed by atoms with van der Waals surface area (Å²) in [6.45, 7) is 5.33. The van der Waals surface area contributed by atoms with Crippen LogP contribution in [0, 0.1) is 0 Å². The van der Waals surface area contributed by atoms with Crippen molar-refractivity contribution in [2.45, 2.75) is 32.4 Å². The molecule has 0 unspecified atom stereocenters. The van der Waals surface area contributed by atoms with Crippen LogP contribution in [0.4, 0.5) is 4.79 Å². The van der Waals surface area contributed by atoms with Gasteiger partial charge >= 0.3 is 6.09 Å². The standard InChI is InChI=1S/C9H17NO3S/c1-9(2,3)10(8(12)13)7(5-11)6-14-4/h5,7H,6H2,1-4H3,(H,12,13)/t7-/m1/s1. The smallest absolute Gasteiger partial charge is 0.408 e. The van der Waals surface area contributed by atoms with Gasteiger partial charge in [0.2, 0.25) is 0 Å². The van der Waals surface area contributed by atoms with Gasteiger partial charge in [0.15, 0.2) is 0 Å². The lowest BCUT2D eigenvalue weighted by Gasteiger charge is -2.36. The number of thioether (sulfide) groups is 1. The van der Waals surface area contributed by atoms with Crippen molar-refractivity contribution < 1.29 is 14.7 Å². The zero-order chi connectivity index (χ0) is 11.4. The highest BCUT2D eigenvalue weighted by molar-refractivity contribution is 7.98. The number of aldehydes is 1. The van der Waals surface area contributed by atoms with Gasteiger partial charge in [-0.2, -0.15) is 11.8 Å². The molecule has 14 heavy (non-hydrogen) atoms. The fourth-order valence-corrected chi connectivity index (χ4v) is 1.84. The number of hydrogen-bond acceptors (Lipinski definition) is 3. The molecule has 4 nitrogen and oxygen atoms in total. The minimum atomic E-state index is -1.05. The van der Waals surface area contributed by atoms with Gasteiger partial charge in [0.1, 0.15) is 12.3 Å². The second-order valence-electron chi connectivity index (χ2n) is 3.98. The van der Waals surface area contributed by atoms with Crippen LogP contribution in [0.25, 0.3) is 0 Å². The van der Waals surface area contributed by atoms with E-state index in [1.165, 1.54) is 16.7 Å². The topological polar surface area (TPSA) is 57.6 Å². The van der Waals surface area contributed by atoms with Gasteiger partial charge in [-0.3, -0.25) is 4.90 Å². The lowest BCUT2D eigenvalue weighted by Crippen LogP contribution is -2.52. The highest BCUT2D eigenvalue weighted by Crippen LogP contribution is 2.18. The lowest BCUT2D eigenvalue weighted by atomic mass is 10.0. The Morgan fingerprint density at radius 2 is 2.07 bits per heavy atom. The summed E-state index contributed by atoms with van der Waals surface area (Å²) in [6, 6.07) is -0.567. The summed E-state index contributed by atoms with van der Waals surface area (Å²) in [5, 5.41) is 8.99. The Labute approximate surface area is 88.7 Å². The zero-order valence-electron chi connectivity index (χ0n) is 8.98. The molecule has 5 heteroatoms. The van der Waals surface area contributed by atoms with Crippen LogP contribution in [-0.4, -0.2) is 46.0 Å². The predicted molar refractivity (Wildman–Crippen MR) is 57.9 cm³/mol. The van der Waals surface area contributed by atoms with Crippen LogP contribution >= 0.6 is 11.8 Å². The largest absolute Gasteiger partial charge is 0.465 e. The Morgan fingerprint density at radius 3 is 2.29 bits per heavy atom. The van der Waals surface area contributed by atoms with E-state index in [0.29, 0.717) is 12.0 Å². The Morgan fingerprint density at radius 1 is 1.57 bits per heavy atom. The Balaban J connectivity index is 4.79. The van der Waals surface area contributed by atoms with Crippen molar-refractivity contribution in [3.8, 4) is 0 Å². The first-order valence-corrected chi connectivity index (χ1v) is 5.70. The highest BCUT2D eigenvalue weighted by Gasteiger charge is 2.32. The number of hydrogen-bond donors (Lipinski definition) is 1. The average molecular weight is 219 g/mol. The van der Waals surface area contributed by atoms with E-state index in [4.69, 9.17) is 5.11 Å². The second kappa shape index (κ2) is 5.24. The molecule has 0 aliphatic carbocycles. The first kappa shape index (κ1) is 13.3. The number of rotatable bonds is 4. The molecule has 1 atom stereocenters. The minimum Gasteiger partial charge on any atom is -0.465 e. The van der Waals surface area contributed by atoms with E-state index >= 15 is 0 Å². The molecule has 0 spiro atoms. The van der Waals surface area contributed by atoms with Crippen LogP contribution < -0.4 is 0 Å². The molecule has 0 heterocycles. The molecule has 1 N–H and O–H groups in total. The molecule has 1 amide bonds. The van der Waals surface area contributed by atoms with Crippen LogP contribution in [0.3, 0.4) is 0 Å². The van der Waals surface area contributed by atoms with Crippen LogP contribution in [0.1, 0.15) is 20.8 Å². The quantitative estimate of drug-likeness (QED) is 0.731. The van der Waals surface area contributed by atoms with Crippen molar-refractivity contribution in [2.75, 3.05) is 12.0 Å². The van der Waals surface area contributed by atoms with Crippen LogP contribution in [-0.2, 0) is 4.79 Å². The summed E-state index contributed by atoms with van der Waals surface area (Å²) in [6.07, 6.45) is 1.48. The van der Waals surface area contributed by atoms with Gasteiger partial charge in [-0.15, -0.1) is 0 Å². The van der Waals surface area contributed by atoms with Crippen LogP contribution in [0.15, 0.2) is 0 Å². The van der Waals surface area contributed by atoms with Crippen molar-refractivity contribution in [1.29, 1.82) is 0 Å². The highest BCUT2D eigenvalue weighted by atomic mass is 32.2. The summed E-state index contributed by atoms with van der Waals surface area (Å²) in [5.41, 5.74) is -0.548. The third-order valence-corrected chi connectivity index (χ3v) is 2.43. The van der Waals surface area contributed by atoms with Crippen LogP contribution in [0.5, 0.6) is 0 Å². The van der Waals surface area contributed by atoms with Crippen LogP contribution in [0.2, 0.25) is 0 Å². The van der Waals surface area contributed by atoms with Crippen molar-refractivity contribution in [2.24, 2.45) is 0 Å². The van der Waals surface area contributed by atoms with E-state index in [1.807, 2.05) is 6.26 Å². The molecule has 0 aromatic heterocycles. The summed E-state index contributed by atoms with van der Waals surface area (Å²) in [4.78, 5) is 22.9. The molecule has 0 aliphatic rings. The number of carboxylic acid groups (broad SMARTS) is 1. The van der Waals surface area contributed by atoms with Gasteiger partial charge in [-0.05, 0) is 27.0 Å². The van der Waals surface area contributed by atoms with E-state index in [1.54, 1.807) is 20.8 Å².